The number of nitriles is 1. The van der Waals surface area contributed by atoms with Crippen molar-refractivity contribution >= 4 is 39.9 Å². The number of carbonyl (C=O) groups excluding carboxylic acids is 1. The molecule has 5 atom stereocenters. The summed E-state index contributed by atoms with van der Waals surface area (Å²) in [6, 6.07) is 36.4. The van der Waals surface area contributed by atoms with Crippen LogP contribution in [0.2, 0.25) is 18.1 Å². The lowest BCUT2D eigenvalue weighted by atomic mass is 9.80. The molecule has 2 aromatic heterocycles. The average molecular weight is 1000 g/mol. The van der Waals surface area contributed by atoms with Gasteiger partial charge in [0, 0.05) is 17.6 Å². The molecule has 71 heavy (non-hydrogen) atoms. The number of hydrogen-bond acceptors (Lipinski definition) is 13. The maximum Gasteiger partial charge on any atom is 0.280 e. The Bertz CT molecular complexity index is 2740. The van der Waals surface area contributed by atoms with Crippen LogP contribution in [0.1, 0.15) is 88.2 Å². The second kappa shape index (κ2) is 22.7. The summed E-state index contributed by atoms with van der Waals surface area (Å²) in [5.74, 6) is 0.829. The summed E-state index contributed by atoms with van der Waals surface area (Å²) in [7, 11) is -1.34. The lowest BCUT2D eigenvalue weighted by Crippen LogP contribution is -2.50. The van der Waals surface area contributed by atoms with E-state index in [0.29, 0.717) is 17.1 Å². The summed E-state index contributed by atoms with van der Waals surface area (Å²) in [4.78, 5) is 39.2. The molecule has 4 aromatic carbocycles. The minimum Gasteiger partial charge on any atom is -0.497 e. The first kappa shape index (κ1) is 53.0. The van der Waals surface area contributed by atoms with Gasteiger partial charge in [0.05, 0.1) is 46.3 Å². The molecular weight excluding hydrogens is 938 g/mol. The van der Waals surface area contributed by atoms with Crippen LogP contribution < -0.4 is 20.3 Å². The number of nitrogens with zero attached hydrogens (tertiary/aromatic N) is 5. The van der Waals surface area contributed by atoms with Crippen molar-refractivity contribution in [2.24, 2.45) is 0 Å². The Morgan fingerprint density at radius 3 is 1.97 bits per heavy atom. The molecule has 2 unspecified atom stereocenters. The standard InChI is InChI=1S/C53H66N7O9PSi/c1-35(2)60(36(3)4)70(66-32-18-31-54)68-45-43(33-65-53(38-21-16-13-17-22-38,39-23-27-41(63-8)28-24-39)40-25-29-42(64-9)30-26-40)67-50(46(45)69-71(10,11)52(5,6)7)59-34-55-44-47(59)56-51(58-49(44)62)57-48(61)37-19-14-12-15-20-37/h12-17,19-30,34-36,43,45-46,50H,18,32-33H2,1-11H3,(H2,56,57,58,61,62)/t43-,45+,46?,50-,70?/m1/s1. The summed E-state index contributed by atoms with van der Waals surface area (Å²) < 4.78 is 51.4. The van der Waals surface area contributed by atoms with E-state index in [1.807, 2.05) is 84.9 Å². The van der Waals surface area contributed by atoms with E-state index in [-0.39, 0.29) is 53.9 Å². The fourth-order valence-electron chi connectivity index (χ4n) is 8.46. The second-order valence-corrected chi connectivity index (χ2v) is 25.6. The zero-order chi connectivity index (χ0) is 51.1. The summed E-state index contributed by atoms with van der Waals surface area (Å²) in [5.41, 5.74) is 1.25. The molecule has 0 spiro atoms. The van der Waals surface area contributed by atoms with Crippen molar-refractivity contribution < 1.29 is 37.2 Å². The lowest BCUT2D eigenvalue weighted by molar-refractivity contribution is -0.0926. The number of benzene rings is 4. The van der Waals surface area contributed by atoms with Crippen molar-refractivity contribution in [2.75, 3.05) is 32.8 Å². The van der Waals surface area contributed by atoms with Gasteiger partial charge in [-0.3, -0.25) is 24.5 Å². The SMILES string of the molecule is COc1ccc(C(OC[C@H]2O[C@@H](n3cnc4c(=O)[nH]c(NC(=O)c5ccccc5)nc43)C(O[Si](C)(C)C(C)(C)C)[C@H]2OP(OCCC#N)N(C(C)C)C(C)C)(c2ccccc2)c2ccc(OC)cc2)cc1. The number of methoxy groups -OCH3 is 2. The molecule has 18 heteroatoms. The van der Waals surface area contributed by atoms with Gasteiger partial charge in [0.1, 0.15) is 35.4 Å². The van der Waals surface area contributed by atoms with Gasteiger partial charge in [0.2, 0.25) is 5.95 Å². The quantitative estimate of drug-likeness (QED) is 0.0301. The summed E-state index contributed by atoms with van der Waals surface area (Å²) in [6.07, 6.45) is -1.98. The topological polar surface area (TPSA) is 184 Å². The van der Waals surface area contributed by atoms with E-state index in [1.165, 1.54) is 6.33 Å². The molecule has 1 fully saturated rings. The van der Waals surface area contributed by atoms with Crippen LogP contribution in [-0.2, 0) is 28.5 Å². The summed E-state index contributed by atoms with van der Waals surface area (Å²) >= 11 is 0. The van der Waals surface area contributed by atoms with Gasteiger partial charge in [-0.15, -0.1) is 0 Å². The number of H-pyrrole nitrogens is 1. The van der Waals surface area contributed by atoms with Crippen molar-refractivity contribution in [3.63, 3.8) is 0 Å². The molecule has 6 aromatic rings. The first-order chi connectivity index (χ1) is 33.9. The van der Waals surface area contributed by atoms with Crippen LogP contribution in [0.3, 0.4) is 0 Å². The number of aromatic nitrogens is 4. The fourth-order valence-corrected chi connectivity index (χ4v) is 11.5. The monoisotopic (exact) mass is 1000 g/mol. The number of nitrogens with one attached hydrogen (secondary N) is 2. The highest BCUT2D eigenvalue weighted by molar-refractivity contribution is 7.44. The van der Waals surface area contributed by atoms with Crippen LogP contribution >= 0.6 is 8.53 Å². The molecule has 0 saturated carbocycles. The van der Waals surface area contributed by atoms with Gasteiger partial charge < -0.3 is 32.4 Å². The van der Waals surface area contributed by atoms with E-state index in [0.717, 1.165) is 16.7 Å². The molecule has 3 heterocycles. The van der Waals surface area contributed by atoms with Gasteiger partial charge in [0.15, 0.2) is 25.7 Å². The molecule has 0 aliphatic carbocycles. The Labute approximate surface area is 418 Å². The van der Waals surface area contributed by atoms with E-state index in [2.05, 4.69) is 87.6 Å². The average Bonchev–Trinajstić information content (AvgIpc) is 3.92. The van der Waals surface area contributed by atoms with Gasteiger partial charge in [-0.25, -0.2) is 9.65 Å². The predicted molar refractivity (Wildman–Crippen MR) is 277 cm³/mol. The number of aromatic amines is 1. The molecule has 1 aliphatic heterocycles. The molecule has 1 saturated heterocycles. The van der Waals surface area contributed by atoms with Crippen molar-refractivity contribution in [3.8, 4) is 17.6 Å². The number of anilines is 1. The molecule has 2 N–H and O–H groups in total. The van der Waals surface area contributed by atoms with Gasteiger partial charge in [-0.05, 0) is 98.9 Å². The zero-order valence-electron chi connectivity index (χ0n) is 42.4. The Kier molecular flexibility index (Phi) is 17.0. The molecule has 7 rings (SSSR count). The maximum atomic E-state index is 13.8. The highest BCUT2D eigenvalue weighted by atomic mass is 31.2. The Hall–Kier alpha value is -5.80. The van der Waals surface area contributed by atoms with Crippen LogP contribution in [0.4, 0.5) is 5.95 Å². The van der Waals surface area contributed by atoms with Crippen molar-refractivity contribution in [3.05, 3.63) is 148 Å². The smallest absolute Gasteiger partial charge is 0.280 e. The minimum absolute atomic E-state index is 0.0234. The number of ether oxygens (including phenoxy) is 4. The number of rotatable bonds is 21. The van der Waals surface area contributed by atoms with Crippen LogP contribution in [0.25, 0.3) is 11.2 Å². The number of carbonyl (C=O) groups is 1. The number of fused-ring (bicyclic) bond motifs is 1. The summed E-state index contributed by atoms with van der Waals surface area (Å²) in [6.45, 7) is 19.2. The molecule has 1 amide bonds. The number of imidazole rings is 1. The van der Waals surface area contributed by atoms with E-state index in [4.69, 9.17) is 37.4 Å². The van der Waals surface area contributed by atoms with Crippen LogP contribution in [0.5, 0.6) is 11.5 Å². The third-order valence-corrected chi connectivity index (χ3v) is 19.6. The first-order valence-corrected chi connectivity index (χ1v) is 27.9. The summed E-state index contributed by atoms with van der Waals surface area (Å²) in [5, 5.41) is 12.1. The van der Waals surface area contributed by atoms with Gasteiger partial charge in [-0.2, -0.15) is 10.2 Å². The predicted octanol–water partition coefficient (Wildman–Crippen LogP) is 10.3. The zero-order valence-corrected chi connectivity index (χ0v) is 44.3. The fraction of sp³-hybridized carbons (Fsp3) is 0.415. The molecule has 376 valence electrons. The van der Waals surface area contributed by atoms with Crippen LogP contribution in [0.15, 0.2) is 120 Å². The third kappa shape index (κ3) is 11.6. The van der Waals surface area contributed by atoms with Crippen LogP contribution in [0, 0.1) is 11.3 Å². The van der Waals surface area contributed by atoms with Crippen molar-refractivity contribution in [1.82, 2.24) is 24.2 Å². The van der Waals surface area contributed by atoms with Gasteiger partial charge in [-0.1, -0.05) is 93.6 Å². The highest BCUT2D eigenvalue weighted by Gasteiger charge is 2.54. The van der Waals surface area contributed by atoms with E-state index in [9.17, 15) is 14.9 Å². The van der Waals surface area contributed by atoms with Gasteiger partial charge in [0.25, 0.3) is 20.0 Å². The minimum atomic E-state index is -2.73. The Balaban J connectivity index is 1.42. The number of amides is 1. The van der Waals surface area contributed by atoms with E-state index < -0.39 is 58.5 Å². The second-order valence-electron chi connectivity index (χ2n) is 19.4. The van der Waals surface area contributed by atoms with E-state index >= 15 is 0 Å². The maximum absolute atomic E-state index is 13.8. The Morgan fingerprint density at radius 2 is 1.44 bits per heavy atom. The molecular formula is C53H66N7O9PSi. The lowest BCUT2D eigenvalue weighted by Gasteiger charge is -2.42. The normalized spacial score (nSPS) is 18.0. The molecule has 0 radical (unpaired) electrons. The molecule has 0 bridgehead atoms. The Morgan fingerprint density at radius 1 is 0.873 bits per heavy atom. The van der Waals surface area contributed by atoms with Crippen molar-refractivity contribution in [1.29, 1.82) is 5.26 Å². The molecule has 16 nitrogen and oxygen atoms in total. The highest BCUT2D eigenvalue weighted by Crippen LogP contribution is 2.53. The first-order valence-electron chi connectivity index (χ1n) is 23.8. The van der Waals surface area contributed by atoms with Gasteiger partial charge >= 0.3 is 0 Å². The molecule has 1 aliphatic rings. The van der Waals surface area contributed by atoms with Crippen molar-refractivity contribution in [2.45, 2.75) is 115 Å². The van der Waals surface area contributed by atoms with Crippen LogP contribution in [-0.4, -0.2) is 96.2 Å². The largest absolute Gasteiger partial charge is 0.497 e. The number of hydrogen-bond donors (Lipinski definition) is 2. The third-order valence-electron chi connectivity index (χ3n) is 13.0. The van der Waals surface area contributed by atoms with E-state index in [1.54, 1.807) is 43.1 Å².